The molecule has 0 saturated carbocycles. The minimum Gasteiger partial charge on any atom is -0.490 e. The third-order valence-corrected chi connectivity index (χ3v) is 11.0. The number of fused-ring (bicyclic) bond motifs is 1. The standard InChI is InChI=1S/C32H42O3.C16H34/c1-21(14-17-28-23(3)13-10-18-32(28,7)8)11-9-12-22(2)19-30(33)35-29-20-27-16-15-24(4)34-31(27)26(6)25(29)5;1-6-9-15(4)12-8-13-16(5)11-7-10-14(2)3/h9,11-12,14,17,19-20,24H,10,13,15-16,18H2,1-8H3;14-16H,6-13H2,1-5H3/b12-9+,17-14+,21-11+,22-19+;. The number of aryl methyl sites for hydroxylation is 1. The third-order valence-electron chi connectivity index (χ3n) is 11.0. The van der Waals surface area contributed by atoms with E-state index in [0.717, 1.165) is 58.6 Å². The first-order chi connectivity index (χ1) is 24.0. The van der Waals surface area contributed by atoms with Crippen LogP contribution in [-0.2, 0) is 11.2 Å². The average Bonchev–Trinajstić information content (AvgIpc) is 3.03. The Morgan fingerprint density at radius 2 is 1.57 bits per heavy atom. The lowest BCUT2D eigenvalue weighted by Crippen LogP contribution is -2.20. The molecule has 286 valence electrons. The second-order valence-electron chi connectivity index (χ2n) is 17.2. The maximum absolute atomic E-state index is 12.6. The van der Waals surface area contributed by atoms with Gasteiger partial charge in [0.25, 0.3) is 0 Å². The second kappa shape index (κ2) is 22.3. The SMILES string of the molecule is CC1=C(/C=C/C(C)=C/C=C/C(C)=C/C(=O)Oc2cc3c(c(C)c2C)OC(C)CC3)C(C)(C)CCC1.CCCC(C)CCCC(C)CCCC(C)C. The highest BCUT2D eigenvalue weighted by Crippen LogP contribution is 2.41. The molecule has 1 aliphatic carbocycles. The van der Waals surface area contributed by atoms with E-state index in [0.29, 0.717) is 5.75 Å². The second-order valence-corrected chi connectivity index (χ2v) is 17.2. The normalized spacial score (nSPS) is 19.1. The van der Waals surface area contributed by atoms with Crippen LogP contribution in [0.1, 0.15) is 170 Å². The summed E-state index contributed by atoms with van der Waals surface area (Å²) in [5, 5.41) is 0. The van der Waals surface area contributed by atoms with Crippen LogP contribution in [0.25, 0.3) is 0 Å². The van der Waals surface area contributed by atoms with Crippen molar-refractivity contribution in [2.24, 2.45) is 23.2 Å². The summed E-state index contributed by atoms with van der Waals surface area (Å²) in [7, 11) is 0. The van der Waals surface area contributed by atoms with Gasteiger partial charge in [-0.15, -0.1) is 0 Å². The average molecular weight is 701 g/mol. The molecule has 1 aromatic rings. The smallest absolute Gasteiger partial charge is 0.336 e. The molecule has 2 aliphatic rings. The summed E-state index contributed by atoms with van der Waals surface area (Å²) in [6, 6.07) is 1.96. The van der Waals surface area contributed by atoms with Gasteiger partial charge in [-0.3, -0.25) is 0 Å². The number of carbonyl (C=O) groups excluding carboxylic acids is 1. The van der Waals surface area contributed by atoms with Crippen LogP contribution in [0.15, 0.2) is 64.8 Å². The number of hydrogen-bond acceptors (Lipinski definition) is 3. The van der Waals surface area contributed by atoms with E-state index in [4.69, 9.17) is 9.47 Å². The molecule has 3 heteroatoms. The molecule has 1 aliphatic heterocycles. The Hall–Kier alpha value is -2.81. The Morgan fingerprint density at radius 1 is 0.922 bits per heavy atom. The van der Waals surface area contributed by atoms with Crippen LogP contribution < -0.4 is 9.47 Å². The summed E-state index contributed by atoms with van der Waals surface area (Å²) < 4.78 is 11.7. The predicted molar refractivity (Wildman–Crippen MR) is 222 cm³/mol. The molecule has 1 heterocycles. The molecule has 3 rings (SSSR count). The molecule has 51 heavy (non-hydrogen) atoms. The Balaban J connectivity index is 0.000000475. The fraction of sp³-hybridized carbons (Fsp3) is 0.646. The monoisotopic (exact) mass is 701 g/mol. The van der Waals surface area contributed by atoms with Crippen molar-refractivity contribution in [1.82, 2.24) is 0 Å². The van der Waals surface area contributed by atoms with Gasteiger partial charge < -0.3 is 9.47 Å². The lowest BCUT2D eigenvalue weighted by Gasteiger charge is -2.32. The van der Waals surface area contributed by atoms with Crippen molar-refractivity contribution in [2.45, 2.75) is 180 Å². The van der Waals surface area contributed by atoms with Crippen LogP contribution in [0, 0.1) is 37.0 Å². The first-order valence-corrected chi connectivity index (χ1v) is 20.5. The van der Waals surface area contributed by atoms with Gasteiger partial charge in [-0.1, -0.05) is 141 Å². The van der Waals surface area contributed by atoms with Crippen molar-refractivity contribution in [3.05, 3.63) is 81.5 Å². The molecule has 0 N–H and O–H groups in total. The van der Waals surface area contributed by atoms with Crippen LogP contribution in [0.5, 0.6) is 11.5 Å². The first-order valence-electron chi connectivity index (χ1n) is 20.5. The molecular formula is C48H76O3. The first kappa shape index (κ1) is 44.4. The third kappa shape index (κ3) is 16.2. The molecular weight excluding hydrogens is 625 g/mol. The van der Waals surface area contributed by atoms with E-state index in [1.807, 2.05) is 39.0 Å². The van der Waals surface area contributed by atoms with Gasteiger partial charge >= 0.3 is 5.97 Å². The molecule has 0 bridgehead atoms. The molecule has 3 unspecified atom stereocenters. The number of esters is 1. The number of hydrogen-bond donors (Lipinski definition) is 0. The number of allylic oxidation sites excluding steroid dienone is 9. The molecule has 0 amide bonds. The molecule has 3 nitrogen and oxygen atoms in total. The van der Waals surface area contributed by atoms with E-state index in [1.54, 1.807) is 6.08 Å². The Morgan fingerprint density at radius 3 is 2.20 bits per heavy atom. The fourth-order valence-corrected chi connectivity index (χ4v) is 7.48. The molecule has 0 radical (unpaired) electrons. The van der Waals surface area contributed by atoms with Crippen LogP contribution in [-0.4, -0.2) is 12.1 Å². The van der Waals surface area contributed by atoms with E-state index < -0.39 is 0 Å². The van der Waals surface area contributed by atoms with Crippen LogP contribution in [0.2, 0.25) is 0 Å². The molecule has 0 saturated heterocycles. The van der Waals surface area contributed by atoms with Gasteiger partial charge in [-0.05, 0) is 131 Å². The van der Waals surface area contributed by atoms with E-state index in [-0.39, 0.29) is 17.5 Å². The number of ether oxygens (including phenoxy) is 2. The Bertz CT molecular complexity index is 1400. The summed E-state index contributed by atoms with van der Waals surface area (Å²) in [5.41, 5.74) is 8.35. The van der Waals surface area contributed by atoms with Gasteiger partial charge in [0, 0.05) is 6.08 Å². The Labute approximate surface area is 315 Å². The summed E-state index contributed by atoms with van der Waals surface area (Å²) in [5.74, 6) is 4.00. The van der Waals surface area contributed by atoms with Crippen molar-refractivity contribution in [1.29, 1.82) is 0 Å². The summed E-state index contributed by atoms with van der Waals surface area (Å²) in [6.45, 7) is 28.8. The molecule has 0 fully saturated rings. The van der Waals surface area contributed by atoms with Gasteiger partial charge in [0.05, 0.1) is 6.10 Å². The summed E-state index contributed by atoms with van der Waals surface area (Å²) in [6.07, 6.45) is 29.3. The zero-order valence-electron chi connectivity index (χ0n) is 35.3. The largest absolute Gasteiger partial charge is 0.490 e. The number of carbonyl (C=O) groups is 1. The van der Waals surface area contributed by atoms with Crippen molar-refractivity contribution < 1.29 is 14.3 Å². The van der Waals surface area contributed by atoms with Crippen LogP contribution >= 0.6 is 0 Å². The zero-order valence-corrected chi connectivity index (χ0v) is 35.3. The van der Waals surface area contributed by atoms with Gasteiger partial charge in [-0.25, -0.2) is 4.79 Å². The van der Waals surface area contributed by atoms with E-state index in [1.165, 1.54) is 87.3 Å². The lowest BCUT2D eigenvalue weighted by molar-refractivity contribution is -0.129. The molecule has 0 aromatic heterocycles. The minimum absolute atomic E-state index is 0.222. The van der Waals surface area contributed by atoms with E-state index in [9.17, 15) is 4.79 Å². The van der Waals surface area contributed by atoms with Gasteiger partial charge in [0.1, 0.15) is 11.5 Å². The zero-order chi connectivity index (χ0) is 38.1. The van der Waals surface area contributed by atoms with Gasteiger partial charge in [-0.2, -0.15) is 0 Å². The van der Waals surface area contributed by atoms with Crippen molar-refractivity contribution in [2.75, 3.05) is 0 Å². The maximum Gasteiger partial charge on any atom is 0.336 e. The quantitative estimate of drug-likeness (QED) is 0.0745. The number of benzene rings is 1. The van der Waals surface area contributed by atoms with Crippen LogP contribution in [0.4, 0.5) is 0 Å². The molecule has 0 spiro atoms. The van der Waals surface area contributed by atoms with Crippen molar-refractivity contribution >= 4 is 5.97 Å². The van der Waals surface area contributed by atoms with E-state index in [2.05, 4.69) is 87.5 Å². The van der Waals surface area contributed by atoms with Crippen molar-refractivity contribution in [3.63, 3.8) is 0 Å². The fourth-order valence-electron chi connectivity index (χ4n) is 7.48. The highest BCUT2D eigenvalue weighted by Gasteiger charge is 2.26. The van der Waals surface area contributed by atoms with Gasteiger partial charge in [0.15, 0.2) is 0 Å². The Kier molecular flexibility index (Phi) is 19.4. The van der Waals surface area contributed by atoms with Crippen molar-refractivity contribution in [3.8, 4) is 11.5 Å². The highest BCUT2D eigenvalue weighted by atomic mass is 16.5. The lowest BCUT2D eigenvalue weighted by atomic mass is 9.72. The topological polar surface area (TPSA) is 35.5 Å². The highest BCUT2D eigenvalue weighted by molar-refractivity contribution is 5.85. The minimum atomic E-state index is -0.359. The molecule has 1 aromatic carbocycles. The van der Waals surface area contributed by atoms with E-state index >= 15 is 0 Å². The summed E-state index contributed by atoms with van der Waals surface area (Å²) in [4.78, 5) is 12.6. The van der Waals surface area contributed by atoms with Gasteiger partial charge in [0.2, 0.25) is 0 Å². The van der Waals surface area contributed by atoms with Crippen LogP contribution in [0.3, 0.4) is 0 Å². The predicted octanol–water partition coefficient (Wildman–Crippen LogP) is 14.5. The number of rotatable bonds is 16. The maximum atomic E-state index is 12.6. The molecule has 3 atom stereocenters. The summed E-state index contributed by atoms with van der Waals surface area (Å²) >= 11 is 0.